The Kier molecular flexibility index (Phi) is 4.19. The summed E-state index contributed by atoms with van der Waals surface area (Å²) in [6.07, 6.45) is 2.71. The van der Waals surface area contributed by atoms with Crippen molar-refractivity contribution in [3.8, 4) is 0 Å². The van der Waals surface area contributed by atoms with Gasteiger partial charge in [0, 0.05) is 19.1 Å². The summed E-state index contributed by atoms with van der Waals surface area (Å²) >= 11 is 0. The Labute approximate surface area is 105 Å². The molecule has 0 spiro atoms. The number of rotatable bonds is 4. The number of hydrogen-bond acceptors (Lipinski definition) is 2. The van der Waals surface area contributed by atoms with Crippen LogP contribution in [-0.2, 0) is 13.1 Å². The summed E-state index contributed by atoms with van der Waals surface area (Å²) in [7, 11) is 0. The maximum absolute atomic E-state index is 5.61. The van der Waals surface area contributed by atoms with Crippen molar-refractivity contribution in [3.63, 3.8) is 0 Å². The topological polar surface area (TPSA) is 29.3 Å². The van der Waals surface area contributed by atoms with E-state index in [9.17, 15) is 0 Å². The third kappa shape index (κ3) is 3.08. The zero-order chi connectivity index (χ0) is 12.3. The van der Waals surface area contributed by atoms with E-state index in [1.807, 2.05) is 0 Å². The van der Waals surface area contributed by atoms with Crippen LogP contribution >= 0.6 is 0 Å². The van der Waals surface area contributed by atoms with Crippen molar-refractivity contribution in [1.29, 1.82) is 0 Å². The molecule has 1 aliphatic rings. The van der Waals surface area contributed by atoms with Crippen LogP contribution in [0.4, 0.5) is 0 Å². The van der Waals surface area contributed by atoms with Crippen molar-refractivity contribution in [3.05, 3.63) is 35.4 Å². The Hall–Kier alpha value is -0.860. The predicted octanol–water partition coefficient (Wildman–Crippen LogP) is 2.77. The predicted molar refractivity (Wildman–Crippen MR) is 72.6 cm³/mol. The van der Waals surface area contributed by atoms with Gasteiger partial charge in [0.05, 0.1) is 0 Å². The molecule has 0 amide bonds. The van der Waals surface area contributed by atoms with Gasteiger partial charge in [-0.3, -0.25) is 4.90 Å². The third-order valence-electron chi connectivity index (χ3n) is 3.83. The highest BCUT2D eigenvalue weighted by Crippen LogP contribution is 2.25. The zero-order valence-electron chi connectivity index (χ0n) is 11.0. The summed E-state index contributed by atoms with van der Waals surface area (Å²) in [4.78, 5) is 2.63. The molecular weight excluding hydrogens is 208 g/mol. The Bertz CT molecular complexity index is 342. The molecule has 2 heteroatoms. The molecule has 2 N–H and O–H groups in total. The first-order valence-electron chi connectivity index (χ1n) is 6.72. The monoisotopic (exact) mass is 232 g/mol. The lowest BCUT2D eigenvalue weighted by atomic mass is 10.0. The molecule has 0 aromatic heterocycles. The lowest BCUT2D eigenvalue weighted by Gasteiger charge is -2.27. The SMILES string of the molecule is CC(C)C1CCCN1Cc1ccc(CN)cc1. The summed E-state index contributed by atoms with van der Waals surface area (Å²) < 4.78 is 0. The molecule has 0 radical (unpaired) electrons. The highest BCUT2D eigenvalue weighted by molar-refractivity contribution is 5.22. The number of benzene rings is 1. The minimum Gasteiger partial charge on any atom is -0.326 e. The molecule has 1 heterocycles. The Balaban J connectivity index is 1.99. The van der Waals surface area contributed by atoms with Crippen LogP contribution in [0.25, 0.3) is 0 Å². The van der Waals surface area contributed by atoms with Gasteiger partial charge in [0.1, 0.15) is 0 Å². The lowest BCUT2D eigenvalue weighted by Crippen LogP contribution is -2.32. The first-order chi connectivity index (χ1) is 8.20. The second kappa shape index (κ2) is 5.65. The number of hydrogen-bond donors (Lipinski definition) is 1. The van der Waals surface area contributed by atoms with E-state index < -0.39 is 0 Å². The second-order valence-corrected chi connectivity index (χ2v) is 5.44. The normalized spacial score (nSPS) is 21.3. The molecule has 17 heavy (non-hydrogen) atoms. The van der Waals surface area contributed by atoms with Crippen LogP contribution in [-0.4, -0.2) is 17.5 Å². The Morgan fingerprint density at radius 2 is 1.88 bits per heavy atom. The van der Waals surface area contributed by atoms with Crippen LogP contribution in [0.3, 0.4) is 0 Å². The molecule has 1 fully saturated rings. The van der Waals surface area contributed by atoms with Gasteiger partial charge >= 0.3 is 0 Å². The van der Waals surface area contributed by atoms with Crippen LogP contribution in [0.2, 0.25) is 0 Å². The summed E-state index contributed by atoms with van der Waals surface area (Å²) in [6.45, 7) is 7.65. The van der Waals surface area contributed by atoms with Crippen LogP contribution in [0, 0.1) is 5.92 Å². The molecule has 0 aliphatic carbocycles. The molecule has 1 saturated heterocycles. The number of nitrogens with two attached hydrogens (primary N) is 1. The average molecular weight is 232 g/mol. The van der Waals surface area contributed by atoms with Crippen molar-refractivity contribution < 1.29 is 0 Å². The van der Waals surface area contributed by atoms with Gasteiger partial charge in [0.25, 0.3) is 0 Å². The van der Waals surface area contributed by atoms with Gasteiger partial charge in [-0.2, -0.15) is 0 Å². The van der Waals surface area contributed by atoms with E-state index in [-0.39, 0.29) is 0 Å². The average Bonchev–Trinajstić information content (AvgIpc) is 2.78. The van der Waals surface area contributed by atoms with Gasteiger partial charge in [0.2, 0.25) is 0 Å². The minimum absolute atomic E-state index is 0.638. The Morgan fingerprint density at radius 1 is 1.24 bits per heavy atom. The van der Waals surface area contributed by atoms with Crippen molar-refractivity contribution in [1.82, 2.24) is 4.90 Å². The second-order valence-electron chi connectivity index (χ2n) is 5.44. The van der Waals surface area contributed by atoms with Crippen LogP contribution in [0.5, 0.6) is 0 Å². The number of likely N-dealkylation sites (tertiary alicyclic amines) is 1. The van der Waals surface area contributed by atoms with E-state index in [4.69, 9.17) is 5.73 Å². The van der Waals surface area contributed by atoms with Crippen LogP contribution < -0.4 is 5.73 Å². The fraction of sp³-hybridized carbons (Fsp3) is 0.600. The van der Waals surface area contributed by atoms with E-state index >= 15 is 0 Å². The molecular formula is C15H24N2. The van der Waals surface area contributed by atoms with Crippen molar-refractivity contribution in [2.45, 2.75) is 45.8 Å². The maximum Gasteiger partial charge on any atom is 0.0236 e. The summed E-state index contributed by atoms with van der Waals surface area (Å²) in [6, 6.07) is 9.51. The van der Waals surface area contributed by atoms with Crippen molar-refractivity contribution in [2.75, 3.05) is 6.54 Å². The fourth-order valence-electron chi connectivity index (χ4n) is 2.82. The van der Waals surface area contributed by atoms with Crippen LogP contribution in [0.15, 0.2) is 24.3 Å². The smallest absolute Gasteiger partial charge is 0.0236 e. The van der Waals surface area contributed by atoms with Gasteiger partial charge in [-0.15, -0.1) is 0 Å². The first kappa shape index (κ1) is 12.6. The number of nitrogens with zero attached hydrogens (tertiary/aromatic N) is 1. The highest BCUT2D eigenvalue weighted by atomic mass is 15.2. The van der Waals surface area contributed by atoms with Gasteiger partial charge in [-0.25, -0.2) is 0 Å². The summed E-state index contributed by atoms with van der Waals surface area (Å²) in [5.74, 6) is 0.765. The van der Waals surface area contributed by atoms with Crippen molar-refractivity contribution in [2.24, 2.45) is 11.7 Å². The van der Waals surface area contributed by atoms with Gasteiger partial charge in [0.15, 0.2) is 0 Å². The first-order valence-corrected chi connectivity index (χ1v) is 6.72. The van der Waals surface area contributed by atoms with Gasteiger partial charge < -0.3 is 5.73 Å². The van der Waals surface area contributed by atoms with Crippen LogP contribution in [0.1, 0.15) is 37.8 Å². The minimum atomic E-state index is 0.638. The molecule has 1 aliphatic heterocycles. The molecule has 2 nitrogen and oxygen atoms in total. The molecule has 1 unspecified atom stereocenters. The van der Waals surface area contributed by atoms with Crippen molar-refractivity contribution >= 4 is 0 Å². The molecule has 1 aromatic carbocycles. The van der Waals surface area contributed by atoms with E-state index in [0.717, 1.165) is 18.5 Å². The quantitative estimate of drug-likeness (QED) is 0.865. The lowest BCUT2D eigenvalue weighted by molar-refractivity contribution is 0.199. The van der Waals surface area contributed by atoms with E-state index in [0.29, 0.717) is 6.54 Å². The van der Waals surface area contributed by atoms with Gasteiger partial charge in [-0.1, -0.05) is 38.1 Å². The third-order valence-corrected chi connectivity index (χ3v) is 3.83. The largest absolute Gasteiger partial charge is 0.326 e. The zero-order valence-corrected chi connectivity index (χ0v) is 11.0. The van der Waals surface area contributed by atoms with E-state index in [1.165, 1.54) is 30.5 Å². The Morgan fingerprint density at radius 3 is 2.47 bits per heavy atom. The molecule has 2 rings (SSSR count). The molecule has 1 atom stereocenters. The summed E-state index contributed by atoms with van der Waals surface area (Å²) in [5, 5.41) is 0. The molecule has 0 bridgehead atoms. The summed E-state index contributed by atoms with van der Waals surface area (Å²) in [5.41, 5.74) is 8.24. The maximum atomic E-state index is 5.61. The van der Waals surface area contributed by atoms with E-state index in [1.54, 1.807) is 0 Å². The fourth-order valence-corrected chi connectivity index (χ4v) is 2.82. The highest BCUT2D eigenvalue weighted by Gasteiger charge is 2.26. The standard InChI is InChI=1S/C15H24N2/c1-12(2)15-4-3-9-17(15)11-14-7-5-13(10-16)6-8-14/h5-8,12,15H,3-4,9-11,16H2,1-2H3. The molecule has 0 saturated carbocycles. The van der Waals surface area contributed by atoms with Gasteiger partial charge in [-0.05, 0) is 36.4 Å². The molecule has 94 valence electrons. The van der Waals surface area contributed by atoms with E-state index in [2.05, 4.69) is 43.0 Å². The molecule has 1 aromatic rings.